The van der Waals surface area contributed by atoms with Gasteiger partial charge in [-0.25, -0.2) is 4.98 Å². The van der Waals surface area contributed by atoms with E-state index in [9.17, 15) is 5.48 Å². The Balaban J connectivity index is 0.00000700. The molecule has 8 heteroatoms. The third-order valence-electron chi connectivity index (χ3n) is 14.0. The number of nitrogens with zero attached hydrogens (tertiary/aromatic N) is 6. The molecular weight excluding hydrogens is 1120 g/mol. The van der Waals surface area contributed by atoms with Crippen LogP contribution in [0, 0.1) is 18.5 Å². The number of para-hydroxylation sites is 4. The van der Waals surface area contributed by atoms with Crippen LogP contribution in [0.2, 0.25) is 0 Å². The number of pyridine rings is 2. The van der Waals surface area contributed by atoms with E-state index in [1.807, 2.05) is 97.2 Å². The molecule has 0 amide bonds. The molecule has 0 atom stereocenters. The topological polar surface area (TPSA) is 53.7 Å². The van der Waals surface area contributed by atoms with E-state index < -0.39 is 60.4 Å². The molecule has 0 aliphatic rings. The normalized spacial score (nSPS) is 13.5. The Bertz CT molecular complexity index is 4970. The fourth-order valence-corrected chi connectivity index (χ4v) is 10.4. The van der Waals surface area contributed by atoms with Gasteiger partial charge in [0.25, 0.3) is 6.33 Å². The van der Waals surface area contributed by atoms with Crippen molar-refractivity contribution in [2.45, 2.75) is 26.2 Å². The van der Waals surface area contributed by atoms with Crippen molar-refractivity contribution < 1.29 is 44.1 Å². The van der Waals surface area contributed by atoms with Crippen molar-refractivity contribution in [2.75, 3.05) is 0 Å². The van der Waals surface area contributed by atoms with E-state index in [1.54, 1.807) is 39.7 Å². The number of benzene rings is 9. The number of imidazole rings is 1. The summed E-state index contributed by atoms with van der Waals surface area (Å²) >= 11 is 0. The van der Waals surface area contributed by atoms with Crippen LogP contribution in [-0.4, -0.2) is 23.7 Å². The van der Waals surface area contributed by atoms with Gasteiger partial charge in [0.15, 0.2) is 0 Å². The smallest absolute Gasteiger partial charge is 0.268 e. The molecule has 0 unspecified atom stereocenters. The van der Waals surface area contributed by atoms with Crippen LogP contribution < -0.4 is 9.30 Å². The first-order valence-electron chi connectivity index (χ1n) is 29.8. The third-order valence-corrected chi connectivity index (χ3v) is 14.0. The van der Waals surface area contributed by atoms with Crippen molar-refractivity contribution >= 4 is 54.6 Å². The van der Waals surface area contributed by atoms with E-state index in [1.165, 1.54) is 0 Å². The van der Waals surface area contributed by atoms with Crippen LogP contribution in [0.4, 0.5) is 0 Å². The summed E-state index contributed by atoms with van der Waals surface area (Å²) in [7, 11) is 0. The molecular formula is C69H48N6OPt-2. The zero-order valence-corrected chi connectivity index (χ0v) is 43.9. The molecule has 372 valence electrons. The molecule has 14 rings (SSSR count). The Morgan fingerprint density at radius 1 is 0.532 bits per heavy atom. The second kappa shape index (κ2) is 19.2. The minimum absolute atomic E-state index is 0. The van der Waals surface area contributed by atoms with Gasteiger partial charge in [0.2, 0.25) is 0 Å². The van der Waals surface area contributed by atoms with Crippen LogP contribution in [0.3, 0.4) is 0 Å². The summed E-state index contributed by atoms with van der Waals surface area (Å²) in [6.07, 6.45) is 8.73. The third kappa shape index (κ3) is 8.22. The molecule has 0 aliphatic carbocycles. The van der Waals surface area contributed by atoms with Crippen molar-refractivity contribution in [3.63, 3.8) is 0 Å². The number of ether oxygens (including phenoxy) is 1. The van der Waals surface area contributed by atoms with E-state index >= 15 is 0 Å². The maximum Gasteiger partial charge on any atom is 0.268 e. The summed E-state index contributed by atoms with van der Waals surface area (Å²) in [5.41, 5.74) is 8.36. The van der Waals surface area contributed by atoms with Gasteiger partial charge in [0.1, 0.15) is 5.82 Å². The van der Waals surface area contributed by atoms with E-state index in [0.29, 0.717) is 28.2 Å². The zero-order chi connectivity index (χ0) is 59.6. The maximum atomic E-state index is 9.26. The SMILES string of the molecule is [2H]c1c([2H])c([2H])c(-c2cccc(-c3c([2H])c([2H])c([2H])c([2H])c3[2H])c2-[n+]2[c-]n(-c3[c-]c(Oc4[c-]c5c(cc4-n4c6ccccc6c6ccccc64)c4ccccc4n5-c4cc(C(C)(C)C)ccn4)ccc3)c3ccc(-c4ccncc4)cc32)c([2H])c1[2H].[Pt]. The molecule has 0 saturated heterocycles. The number of rotatable bonds is 9. The molecule has 0 radical (unpaired) electrons. The van der Waals surface area contributed by atoms with E-state index in [4.69, 9.17) is 17.9 Å². The molecule has 0 saturated carbocycles. The second-order valence-electron chi connectivity index (χ2n) is 19.5. The van der Waals surface area contributed by atoms with Crippen LogP contribution in [0.25, 0.3) is 111 Å². The van der Waals surface area contributed by atoms with E-state index in [2.05, 4.69) is 102 Å². The van der Waals surface area contributed by atoms with Gasteiger partial charge in [-0.3, -0.25) is 9.55 Å². The maximum absolute atomic E-state index is 9.26. The number of fused-ring (bicyclic) bond motifs is 7. The second-order valence-corrected chi connectivity index (χ2v) is 19.5. The molecule has 0 fully saturated rings. The standard InChI is InChI=1S/C69H48N6O.Pt/c1-69(2,3)50-36-39-71-67(41-50)75-61-31-15-12-26-57(61)58-43-65(74-59-29-13-10-24-55(59)56-25-11-14-30-60(56)74)66(44-63(58)75)76-52-23-16-22-51(42-52)72-45-73(64-40-49(32-33-62(64)72)46-34-37-70-38-35-46)68-53(47-18-6-4-7-19-47)27-17-28-54(68)48-20-8-5-9-21-48;/h4-41,43H,1-3H3;/q-2;/i4D,5D,6D,7D,8D,9D,18D,19D,20D,21D;. The van der Waals surface area contributed by atoms with E-state index in [0.717, 1.165) is 71.8 Å². The molecule has 5 aromatic heterocycles. The average Bonchev–Trinajstić information content (AvgIpc) is 1.85. The number of hydrogen-bond acceptors (Lipinski definition) is 3. The predicted octanol–water partition coefficient (Wildman–Crippen LogP) is 16.4. The number of aromatic nitrogens is 6. The summed E-state index contributed by atoms with van der Waals surface area (Å²) in [6.45, 7) is 6.54. The van der Waals surface area contributed by atoms with Crippen LogP contribution >= 0.6 is 0 Å². The van der Waals surface area contributed by atoms with Crippen molar-refractivity contribution in [1.82, 2.24) is 23.7 Å². The van der Waals surface area contributed by atoms with Crippen molar-refractivity contribution in [3.8, 4) is 67.8 Å². The predicted molar refractivity (Wildman–Crippen MR) is 307 cm³/mol. The molecule has 5 heterocycles. The Kier molecular flexibility index (Phi) is 9.36. The van der Waals surface area contributed by atoms with Crippen LogP contribution in [0.1, 0.15) is 40.0 Å². The summed E-state index contributed by atoms with van der Waals surface area (Å²) in [5, 5.41) is 4.06. The summed E-state index contributed by atoms with van der Waals surface area (Å²) in [5.74, 6) is 1.43. The Hall–Kier alpha value is -9.16. The molecule has 14 aromatic rings. The van der Waals surface area contributed by atoms with Gasteiger partial charge in [-0.2, -0.15) is 12.1 Å². The first kappa shape index (κ1) is 37.5. The Labute approximate surface area is 474 Å². The van der Waals surface area contributed by atoms with Crippen molar-refractivity contribution in [1.29, 1.82) is 0 Å². The largest absolute Gasteiger partial charge is 0.508 e. The molecule has 0 aliphatic heterocycles. The first-order valence-corrected chi connectivity index (χ1v) is 24.8. The molecule has 0 bridgehead atoms. The minimum Gasteiger partial charge on any atom is -0.508 e. The van der Waals surface area contributed by atoms with Gasteiger partial charge in [0.05, 0.1) is 30.4 Å². The summed E-state index contributed by atoms with van der Waals surface area (Å²) in [4.78, 5) is 9.21. The van der Waals surface area contributed by atoms with Gasteiger partial charge >= 0.3 is 0 Å². The van der Waals surface area contributed by atoms with E-state index in [-0.39, 0.29) is 54.4 Å². The zero-order valence-electron chi connectivity index (χ0n) is 51.7. The quantitative estimate of drug-likeness (QED) is 0.107. The fraction of sp³-hybridized carbons (Fsp3) is 0.0580. The van der Waals surface area contributed by atoms with Gasteiger partial charge < -0.3 is 18.4 Å². The Morgan fingerprint density at radius 3 is 1.79 bits per heavy atom. The van der Waals surface area contributed by atoms with Crippen LogP contribution in [-0.2, 0) is 26.5 Å². The Morgan fingerprint density at radius 2 is 1.14 bits per heavy atom. The van der Waals surface area contributed by atoms with Crippen LogP contribution in [0.5, 0.6) is 11.5 Å². The van der Waals surface area contributed by atoms with Gasteiger partial charge in [-0.1, -0.05) is 177 Å². The van der Waals surface area contributed by atoms with Crippen LogP contribution in [0.15, 0.2) is 237 Å². The summed E-state index contributed by atoms with van der Waals surface area (Å²) in [6, 6.07) is 52.8. The minimum atomic E-state index is -0.590. The average molecular weight is 1180 g/mol. The van der Waals surface area contributed by atoms with Crippen molar-refractivity contribution in [2.24, 2.45) is 0 Å². The number of hydrogen-bond donors (Lipinski definition) is 0. The van der Waals surface area contributed by atoms with Crippen molar-refractivity contribution in [3.05, 3.63) is 261 Å². The molecule has 77 heavy (non-hydrogen) atoms. The molecule has 0 N–H and O–H groups in total. The molecule has 9 aromatic carbocycles. The van der Waals surface area contributed by atoms with Gasteiger partial charge in [-0.15, -0.1) is 24.3 Å². The summed E-state index contributed by atoms with van der Waals surface area (Å²) < 4.78 is 104. The molecule has 7 nitrogen and oxygen atoms in total. The monoisotopic (exact) mass is 1180 g/mol. The van der Waals surface area contributed by atoms with Gasteiger partial charge in [-0.05, 0) is 110 Å². The van der Waals surface area contributed by atoms with Gasteiger partial charge in [0, 0.05) is 78.5 Å². The first-order chi connectivity index (χ1) is 41.5. The molecule has 0 spiro atoms. The fourth-order valence-electron chi connectivity index (χ4n) is 10.4.